The van der Waals surface area contributed by atoms with E-state index in [9.17, 15) is 9.79 Å². The molecule has 0 unspecified atom stereocenters. The van der Waals surface area contributed by atoms with Crippen molar-refractivity contribution in [1.29, 1.82) is 0 Å². The van der Waals surface area contributed by atoms with Gasteiger partial charge in [0.25, 0.3) is 0 Å². The molecule has 5 heteroatoms. The topological polar surface area (TPSA) is 52.9 Å². The number of nitrogens with zero attached hydrogens (tertiary/aromatic N) is 1. The van der Waals surface area contributed by atoms with E-state index in [4.69, 9.17) is 4.52 Å². The first-order chi connectivity index (χ1) is 5.83. The van der Waals surface area contributed by atoms with Gasteiger partial charge >= 0.3 is 80.4 Å². The summed E-state index contributed by atoms with van der Waals surface area (Å²) in [6.07, 6.45) is 0. The molecule has 0 bridgehead atoms. The van der Waals surface area contributed by atoms with Gasteiger partial charge in [-0.25, -0.2) is 0 Å². The Bertz CT molecular complexity index is 142. The Hall–Kier alpha value is 0.270. The summed E-state index contributed by atoms with van der Waals surface area (Å²) in [6.45, 7) is 9.78. The first-order valence-corrected chi connectivity index (χ1v) is 6.45. The van der Waals surface area contributed by atoms with Crippen molar-refractivity contribution < 1.29 is 14.3 Å². The van der Waals surface area contributed by atoms with Gasteiger partial charge in [-0.3, -0.25) is 0 Å². The van der Waals surface area contributed by atoms with Crippen LogP contribution < -0.4 is 0 Å². The van der Waals surface area contributed by atoms with E-state index in [0.717, 1.165) is 0 Å². The predicted molar refractivity (Wildman–Crippen MR) is 56.5 cm³/mol. The third-order valence-electron chi connectivity index (χ3n) is 1.79. The molecular formula is C8H22NO3P. The fourth-order valence-corrected chi connectivity index (χ4v) is 3.42. The van der Waals surface area contributed by atoms with E-state index in [-0.39, 0.29) is 12.1 Å². The van der Waals surface area contributed by atoms with Gasteiger partial charge in [0.05, 0.1) is 0 Å². The summed E-state index contributed by atoms with van der Waals surface area (Å²) in [5.74, 6) is 0. The van der Waals surface area contributed by atoms with E-state index in [0.29, 0.717) is 6.61 Å². The van der Waals surface area contributed by atoms with Crippen LogP contribution in [-0.4, -0.2) is 33.1 Å². The normalized spacial score (nSPS) is 14.6. The Labute approximate surface area is 81.2 Å². The van der Waals surface area contributed by atoms with Crippen molar-refractivity contribution in [2.75, 3.05) is 6.61 Å². The fraction of sp³-hybridized carbons (Fsp3) is 1.00. The van der Waals surface area contributed by atoms with E-state index in [1.807, 2.05) is 27.7 Å². The number of rotatable bonds is 5. The van der Waals surface area contributed by atoms with Gasteiger partial charge in [-0.15, -0.1) is 0 Å². The zero-order chi connectivity index (χ0) is 10.6. The summed E-state index contributed by atoms with van der Waals surface area (Å²) in [4.78, 5) is 19.4. The molecule has 0 aliphatic carbocycles. The maximum atomic E-state index is 9.71. The quantitative estimate of drug-likeness (QED) is 0.677. The molecule has 0 aliphatic heterocycles. The van der Waals surface area contributed by atoms with Crippen molar-refractivity contribution in [3.63, 3.8) is 0 Å². The van der Waals surface area contributed by atoms with Gasteiger partial charge in [-0.1, -0.05) is 0 Å². The molecule has 82 valence electrons. The van der Waals surface area contributed by atoms with E-state index in [2.05, 4.69) is 0 Å². The SMILES string of the molecule is CCO[PH](O)(O)N(C(C)C)C(C)C. The van der Waals surface area contributed by atoms with Gasteiger partial charge in [0.1, 0.15) is 0 Å². The molecule has 0 saturated heterocycles. The van der Waals surface area contributed by atoms with Gasteiger partial charge in [0.15, 0.2) is 0 Å². The van der Waals surface area contributed by atoms with Gasteiger partial charge < -0.3 is 0 Å². The van der Waals surface area contributed by atoms with Crippen molar-refractivity contribution in [2.45, 2.75) is 46.7 Å². The van der Waals surface area contributed by atoms with Crippen LogP contribution in [0.4, 0.5) is 0 Å². The second kappa shape index (κ2) is 5.23. The third kappa shape index (κ3) is 3.88. The molecule has 0 saturated carbocycles. The van der Waals surface area contributed by atoms with Gasteiger partial charge in [0.2, 0.25) is 0 Å². The van der Waals surface area contributed by atoms with Crippen LogP contribution in [0, 0.1) is 0 Å². The van der Waals surface area contributed by atoms with E-state index >= 15 is 0 Å². The molecule has 0 heterocycles. The minimum atomic E-state index is -3.63. The van der Waals surface area contributed by atoms with Crippen molar-refractivity contribution >= 4 is 8.09 Å². The Balaban J connectivity index is 4.52. The van der Waals surface area contributed by atoms with Crippen LogP contribution in [0.3, 0.4) is 0 Å². The van der Waals surface area contributed by atoms with Crippen molar-refractivity contribution in [3.05, 3.63) is 0 Å². The van der Waals surface area contributed by atoms with E-state index in [1.54, 1.807) is 11.6 Å². The third-order valence-corrected chi connectivity index (χ3v) is 4.17. The van der Waals surface area contributed by atoms with E-state index < -0.39 is 8.09 Å². The van der Waals surface area contributed by atoms with Crippen LogP contribution >= 0.6 is 8.09 Å². The van der Waals surface area contributed by atoms with E-state index in [1.165, 1.54) is 0 Å². The molecule has 0 aromatic rings. The Morgan fingerprint density at radius 2 is 1.54 bits per heavy atom. The Kier molecular flexibility index (Phi) is 5.33. The van der Waals surface area contributed by atoms with Gasteiger partial charge in [-0.2, -0.15) is 0 Å². The zero-order valence-corrected chi connectivity index (χ0v) is 10.1. The van der Waals surface area contributed by atoms with Crippen LogP contribution in [0.25, 0.3) is 0 Å². The molecule has 0 aromatic carbocycles. The number of hydrogen-bond donors (Lipinski definition) is 2. The average Bonchev–Trinajstić information content (AvgIpc) is 1.82. The molecule has 13 heavy (non-hydrogen) atoms. The molecule has 0 spiro atoms. The van der Waals surface area contributed by atoms with Crippen LogP contribution in [0.2, 0.25) is 0 Å². The maximum absolute atomic E-state index is 9.71. The van der Waals surface area contributed by atoms with Crippen LogP contribution in [-0.2, 0) is 4.52 Å². The molecule has 0 rings (SSSR count). The first-order valence-electron chi connectivity index (χ1n) is 4.70. The number of hydrogen-bond acceptors (Lipinski definition) is 4. The van der Waals surface area contributed by atoms with Gasteiger partial charge in [-0.05, 0) is 0 Å². The van der Waals surface area contributed by atoms with Crippen LogP contribution in [0.15, 0.2) is 0 Å². The monoisotopic (exact) mass is 211 g/mol. The average molecular weight is 211 g/mol. The van der Waals surface area contributed by atoms with Gasteiger partial charge in [0, 0.05) is 0 Å². The van der Waals surface area contributed by atoms with Crippen LogP contribution in [0.1, 0.15) is 34.6 Å². The predicted octanol–water partition coefficient (Wildman–Crippen LogP) is 1.54. The molecule has 2 N–H and O–H groups in total. The standard InChI is InChI=1S/C8H22NO3P/c1-6-12-13(10,11)9(7(2)3)8(4)5/h7-8,10-11,13H,6H2,1-5H3. The molecule has 0 aliphatic rings. The molecule has 0 radical (unpaired) electrons. The molecule has 4 nitrogen and oxygen atoms in total. The fourth-order valence-electron chi connectivity index (χ4n) is 1.54. The van der Waals surface area contributed by atoms with Crippen molar-refractivity contribution in [3.8, 4) is 0 Å². The summed E-state index contributed by atoms with van der Waals surface area (Å²) in [7, 11) is -3.63. The second-order valence-electron chi connectivity index (χ2n) is 3.60. The Morgan fingerprint density at radius 1 is 1.15 bits per heavy atom. The molecule has 0 atom stereocenters. The summed E-state index contributed by atoms with van der Waals surface area (Å²) in [5, 5.41) is 0. The summed E-state index contributed by atoms with van der Waals surface area (Å²) < 4.78 is 6.63. The minimum absolute atomic E-state index is 0.0771. The van der Waals surface area contributed by atoms with Crippen LogP contribution in [0.5, 0.6) is 0 Å². The summed E-state index contributed by atoms with van der Waals surface area (Å²) in [6, 6.07) is 0.154. The Morgan fingerprint density at radius 3 is 1.77 bits per heavy atom. The molecule has 0 fully saturated rings. The molecule has 0 amide bonds. The second-order valence-corrected chi connectivity index (χ2v) is 5.55. The van der Waals surface area contributed by atoms with Crippen molar-refractivity contribution in [2.24, 2.45) is 0 Å². The zero-order valence-electron chi connectivity index (χ0n) is 9.11. The summed E-state index contributed by atoms with van der Waals surface area (Å²) in [5.41, 5.74) is 0. The molecule has 0 aromatic heterocycles. The first kappa shape index (κ1) is 13.3. The molecular weight excluding hydrogens is 189 g/mol. The summed E-state index contributed by atoms with van der Waals surface area (Å²) >= 11 is 0. The van der Waals surface area contributed by atoms with Crippen molar-refractivity contribution in [1.82, 2.24) is 4.67 Å².